The first-order chi connectivity index (χ1) is 24.1. The van der Waals surface area contributed by atoms with Crippen LogP contribution >= 0.6 is 44.7 Å². The molecule has 0 spiro atoms. The van der Waals surface area contributed by atoms with Gasteiger partial charge in [0.05, 0.1) is 30.9 Å². The maximum Gasteiger partial charge on any atom is 0.340 e. The number of rotatable bonds is 14. The van der Waals surface area contributed by atoms with Crippen LogP contribution in [0.25, 0.3) is 27.4 Å². The molecule has 5 rings (SSSR count). The number of nitrogens with zero attached hydrogens (tertiary/aromatic N) is 2. The Hall–Kier alpha value is -4.37. The summed E-state index contributed by atoms with van der Waals surface area (Å²) in [5, 5.41) is 9.58. The first-order valence-corrected chi connectivity index (χ1v) is 19.4. The number of carbonyl (C=O) groups excluding carboxylic acids is 2. The lowest BCUT2D eigenvalue weighted by molar-refractivity contribution is -0.757. The van der Waals surface area contributed by atoms with Crippen LogP contribution in [0.3, 0.4) is 0 Å². The van der Waals surface area contributed by atoms with Crippen molar-refractivity contribution in [3.63, 3.8) is 0 Å². The van der Waals surface area contributed by atoms with Crippen LogP contribution in [0, 0.1) is 26.7 Å². The van der Waals surface area contributed by atoms with Gasteiger partial charge < -0.3 is 18.9 Å². The van der Waals surface area contributed by atoms with E-state index in [0.29, 0.717) is 46.8 Å². The Labute approximate surface area is 306 Å². The predicted molar refractivity (Wildman–Crippen MR) is 199 cm³/mol. The molecule has 0 N–H and O–H groups in total. The van der Waals surface area contributed by atoms with Crippen molar-refractivity contribution in [2.45, 2.75) is 44.9 Å². The van der Waals surface area contributed by atoms with E-state index in [1.807, 2.05) is 62.6 Å². The van der Waals surface area contributed by atoms with Crippen LogP contribution in [0.5, 0.6) is 5.75 Å². The zero-order chi connectivity index (χ0) is 36.2. The summed E-state index contributed by atoms with van der Waals surface area (Å²) in [6, 6.07) is 22.5. The number of unbranched alkanes of at least 4 members (excludes halogenated alkanes) is 1. The first-order valence-electron chi connectivity index (χ1n) is 15.6. The Bertz CT molecular complexity index is 1990. The van der Waals surface area contributed by atoms with E-state index in [2.05, 4.69) is 4.84 Å². The van der Waals surface area contributed by atoms with E-state index < -0.39 is 22.8 Å². The molecule has 0 saturated carbocycles. The van der Waals surface area contributed by atoms with Gasteiger partial charge in [-0.05, 0) is 103 Å². The normalized spacial score (nSPS) is 10.6. The van der Waals surface area contributed by atoms with Crippen molar-refractivity contribution in [2.24, 2.45) is 0 Å². The summed E-state index contributed by atoms with van der Waals surface area (Å²) >= 11 is 6.79. The van der Waals surface area contributed by atoms with Crippen molar-refractivity contribution >= 4 is 56.6 Å². The van der Waals surface area contributed by atoms with E-state index in [-0.39, 0.29) is 25.2 Å². The minimum Gasteiger partial charge on any atom is -0.462 e. The minimum atomic E-state index is -0.876. The number of benzene rings is 3. The third kappa shape index (κ3) is 9.87. The number of hydrogen-bond acceptors (Lipinski definition) is 11. The number of hydrogen-bond donors (Lipinski definition) is 0. The molecule has 0 saturated heterocycles. The fourth-order valence-electron chi connectivity index (χ4n) is 5.09. The summed E-state index contributed by atoms with van der Waals surface area (Å²) in [4.78, 5) is 44.2. The molecule has 0 amide bonds. The number of halogens is 1. The summed E-state index contributed by atoms with van der Waals surface area (Å²) in [6.07, 6.45) is 2.28. The molecule has 0 aliphatic carbocycles. The number of ether oxygens (including phenoxy) is 2. The SMILES string of the molecule is CC.CSc1ccc(-c2c(C(=O)OCCCCO[N+](=O)[O-])c(CC(=O)Oc3ccc(-c4cc(=S)ss4)cc3)c(C)n2-c2cccc(F)c2)cc1. The molecular weight excluding hydrogens is 720 g/mol. The lowest BCUT2D eigenvalue weighted by Gasteiger charge is -2.14. The summed E-state index contributed by atoms with van der Waals surface area (Å²) in [6.45, 7) is 5.58. The van der Waals surface area contributed by atoms with E-state index >= 15 is 0 Å². The Morgan fingerprint density at radius 2 is 1.64 bits per heavy atom. The third-order valence-electron chi connectivity index (χ3n) is 7.29. The van der Waals surface area contributed by atoms with E-state index in [1.165, 1.54) is 22.5 Å². The molecule has 14 heteroatoms. The van der Waals surface area contributed by atoms with Crippen LogP contribution in [0.15, 0.2) is 83.8 Å². The quantitative estimate of drug-likeness (QED) is 0.0160. The van der Waals surface area contributed by atoms with E-state index in [9.17, 15) is 24.1 Å². The number of aromatic nitrogens is 1. The molecule has 0 unspecified atom stereocenters. The van der Waals surface area contributed by atoms with Crippen molar-refractivity contribution in [3.8, 4) is 33.1 Å². The highest BCUT2D eigenvalue weighted by molar-refractivity contribution is 7.98. The molecule has 50 heavy (non-hydrogen) atoms. The highest BCUT2D eigenvalue weighted by atomic mass is 32.9. The van der Waals surface area contributed by atoms with Crippen LogP contribution in [-0.4, -0.2) is 41.1 Å². The fourth-order valence-corrected chi connectivity index (χ4v) is 7.90. The molecule has 5 aromatic rings. The van der Waals surface area contributed by atoms with Gasteiger partial charge in [-0.3, -0.25) is 4.79 Å². The second-order valence-electron chi connectivity index (χ2n) is 10.4. The van der Waals surface area contributed by atoms with Gasteiger partial charge in [0.15, 0.2) is 0 Å². The van der Waals surface area contributed by atoms with Gasteiger partial charge in [-0.2, -0.15) is 0 Å². The van der Waals surface area contributed by atoms with Crippen LogP contribution in [0.1, 0.15) is 48.3 Å². The topological polar surface area (TPSA) is 110 Å². The van der Waals surface area contributed by atoms with E-state index in [1.54, 1.807) is 57.9 Å². The summed E-state index contributed by atoms with van der Waals surface area (Å²) in [5.41, 5.74) is 3.51. The monoisotopic (exact) mass is 754 g/mol. The molecule has 0 radical (unpaired) electrons. The summed E-state index contributed by atoms with van der Waals surface area (Å²) in [5.74, 6) is -1.44. The second kappa shape index (κ2) is 18.6. The van der Waals surface area contributed by atoms with E-state index in [0.717, 1.165) is 19.2 Å². The maximum absolute atomic E-state index is 14.6. The second-order valence-corrected chi connectivity index (χ2v) is 14.2. The van der Waals surface area contributed by atoms with Crippen molar-refractivity contribution in [1.82, 2.24) is 4.57 Å². The average Bonchev–Trinajstić information content (AvgIpc) is 3.67. The highest BCUT2D eigenvalue weighted by Gasteiger charge is 2.30. The van der Waals surface area contributed by atoms with Gasteiger partial charge in [-0.25, -0.2) is 9.18 Å². The molecule has 0 fully saturated rings. The summed E-state index contributed by atoms with van der Waals surface area (Å²) < 4.78 is 28.5. The van der Waals surface area contributed by atoms with Gasteiger partial charge in [-0.15, -0.1) is 21.9 Å². The lowest BCUT2D eigenvalue weighted by Crippen LogP contribution is -2.16. The molecule has 0 bridgehead atoms. The summed E-state index contributed by atoms with van der Waals surface area (Å²) in [7, 11) is 3.08. The standard InChI is InChI=1S/C34H29FN2O7S4.C2H6/c1-21-28(19-30(38)44-26-12-8-22(9-13-26)29-20-31(45)48-47-29)32(34(39)42-16-3-4-17-43-37(40)41)33(23-10-14-27(46-2)15-11-23)36(21)25-7-5-6-24(35)18-25;1-2/h5-15,18,20H,3-4,16-17,19H2,1-2H3;1-2H3. The van der Waals surface area contributed by atoms with Crippen LogP contribution in [0.4, 0.5) is 4.39 Å². The molecule has 9 nitrogen and oxygen atoms in total. The molecule has 2 heterocycles. The molecule has 3 aromatic carbocycles. The van der Waals surface area contributed by atoms with Crippen molar-refractivity contribution < 1.29 is 33.4 Å². The van der Waals surface area contributed by atoms with Crippen LogP contribution in [0.2, 0.25) is 0 Å². The number of carbonyl (C=O) groups is 2. The van der Waals surface area contributed by atoms with E-state index in [4.69, 9.17) is 21.7 Å². The van der Waals surface area contributed by atoms with Gasteiger partial charge >= 0.3 is 11.9 Å². The smallest absolute Gasteiger partial charge is 0.340 e. The molecule has 0 aliphatic rings. The Morgan fingerprint density at radius 3 is 2.26 bits per heavy atom. The van der Waals surface area contributed by atoms with Gasteiger partial charge in [0.1, 0.15) is 15.4 Å². The van der Waals surface area contributed by atoms with Gasteiger partial charge in [0.2, 0.25) is 0 Å². The largest absolute Gasteiger partial charge is 0.462 e. The average molecular weight is 755 g/mol. The number of thioether (sulfide) groups is 1. The molecule has 2 aromatic heterocycles. The Morgan fingerprint density at radius 1 is 0.960 bits per heavy atom. The molecular formula is C36H35FN2O7S4. The van der Waals surface area contributed by atoms with Crippen LogP contribution < -0.4 is 4.74 Å². The van der Waals surface area contributed by atoms with Gasteiger partial charge in [0, 0.05) is 21.2 Å². The van der Waals surface area contributed by atoms with Crippen molar-refractivity contribution in [1.29, 1.82) is 0 Å². The molecule has 262 valence electrons. The lowest BCUT2D eigenvalue weighted by atomic mass is 10.0. The molecule has 0 aliphatic heterocycles. The van der Waals surface area contributed by atoms with Gasteiger partial charge in [-0.1, -0.05) is 64.9 Å². The van der Waals surface area contributed by atoms with Gasteiger partial charge in [0.25, 0.3) is 5.09 Å². The predicted octanol–water partition coefficient (Wildman–Crippen LogP) is 10.2. The Balaban J connectivity index is 0.00000276. The fraction of sp³-hybridized carbons (Fsp3) is 0.250. The van der Waals surface area contributed by atoms with Crippen LogP contribution in [-0.2, 0) is 20.8 Å². The first kappa shape index (κ1) is 38.4. The minimum absolute atomic E-state index is 0.0386. The molecule has 0 atom stereocenters. The zero-order valence-corrected chi connectivity index (χ0v) is 31.1. The third-order valence-corrected chi connectivity index (χ3v) is 10.9. The van der Waals surface area contributed by atoms with Crippen molar-refractivity contribution in [3.05, 3.63) is 115 Å². The zero-order valence-electron chi connectivity index (χ0n) is 27.8. The van der Waals surface area contributed by atoms with Crippen molar-refractivity contribution in [2.75, 3.05) is 19.5 Å². The Kier molecular flexibility index (Phi) is 14.3. The highest BCUT2D eigenvalue weighted by Crippen LogP contribution is 2.37. The maximum atomic E-state index is 14.6. The number of esters is 2.